The molecular formula is C18H14N2O7. The number of fused-ring (bicyclic) bond motifs is 3. The molecule has 3 aromatic rings. The summed E-state index contributed by atoms with van der Waals surface area (Å²) in [5, 5.41) is 22.1. The lowest BCUT2D eigenvalue weighted by Crippen LogP contribution is -2.22. The molecule has 0 saturated heterocycles. The number of hydrogen-bond acceptors (Lipinski definition) is 8. The highest BCUT2D eigenvalue weighted by Gasteiger charge is 2.30. The fourth-order valence-electron chi connectivity index (χ4n) is 3.03. The quantitative estimate of drug-likeness (QED) is 0.425. The van der Waals surface area contributed by atoms with Crippen LogP contribution >= 0.6 is 0 Å². The number of furan rings is 1. The van der Waals surface area contributed by atoms with Gasteiger partial charge in [-0.25, -0.2) is 9.79 Å². The fraction of sp³-hybridized carbons (Fsp3) is 0.222. The molecule has 0 bridgehead atoms. The van der Waals surface area contributed by atoms with Gasteiger partial charge in [0, 0.05) is 28.5 Å². The van der Waals surface area contributed by atoms with E-state index in [-0.39, 0.29) is 36.1 Å². The maximum Gasteiger partial charge on any atom is 0.334 e. The molecule has 1 atom stereocenters. The van der Waals surface area contributed by atoms with Gasteiger partial charge in [0.25, 0.3) is 5.69 Å². The van der Waals surface area contributed by atoms with Crippen LogP contribution in [0.25, 0.3) is 21.9 Å². The van der Waals surface area contributed by atoms with Gasteiger partial charge in [0.05, 0.1) is 11.5 Å². The number of carbonyl (C=O) groups is 1. The maximum absolute atomic E-state index is 11.9. The number of non-ortho nitro benzene ring substituents is 1. The highest BCUT2D eigenvalue weighted by atomic mass is 16.6. The Morgan fingerprint density at radius 2 is 2.22 bits per heavy atom. The van der Waals surface area contributed by atoms with Gasteiger partial charge in [0.2, 0.25) is 5.90 Å². The highest BCUT2D eigenvalue weighted by molar-refractivity contribution is 6.18. The molecule has 2 aromatic carbocycles. The number of nitro groups is 1. The molecule has 1 aromatic heterocycles. The van der Waals surface area contributed by atoms with Gasteiger partial charge < -0.3 is 19.0 Å². The van der Waals surface area contributed by atoms with E-state index in [9.17, 15) is 20.0 Å². The lowest BCUT2D eigenvalue weighted by molar-refractivity contribution is -0.384. The van der Waals surface area contributed by atoms with E-state index in [0.717, 1.165) is 0 Å². The van der Waals surface area contributed by atoms with E-state index in [2.05, 4.69) is 4.99 Å². The van der Waals surface area contributed by atoms with Crippen LogP contribution in [-0.4, -0.2) is 41.2 Å². The summed E-state index contributed by atoms with van der Waals surface area (Å²) in [6.07, 6.45) is 0. The van der Waals surface area contributed by atoms with Crippen molar-refractivity contribution in [1.29, 1.82) is 0 Å². The lowest BCUT2D eigenvalue weighted by atomic mass is 10.1. The van der Waals surface area contributed by atoms with Crippen molar-refractivity contribution in [3.63, 3.8) is 0 Å². The predicted molar refractivity (Wildman–Crippen MR) is 94.9 cm³/mol. The van der Waals surface area contributed by atoms with Crippen molar-refractivity contribution < 1.29 is 28.7 Å². The van der Waals surface area contributed by atoms with Gasteiger partial charge in [-0.05, 0) is 25.1 Å². The Balaban J connectivity index is 1.91. The first-order valence-corrected chi connectivity index (χ1v) is 8.19. The van der Waals surface area contributed by atoms with Crippen molar-refractivity contribution >= 4 is 39.5 Å². The second kappa shape index (κ2) is 6.27. The number of phenols is 1. The number of nitro benzene ring substituents is 1. The molecule has 0 spiro atoms. The zero-order valence-electron chi connectivity index (χ0n) is 14.2. The van der Waals surface area contributed by atoms with Crippen LogP contribution in [0, 0.1) is 10.1 Å². The van der Waals surface area contributed by atoms with E-state index in [1.807, 2.05) is 0 Å². The molecule has 9 heteroatoms. The Kier molecular flexibility index (Phi) is 3.91. The molecule has 9 nitrogen and oxygen atoms in total. The molecule has 2 heterocycles. The second-order valence-electron chi connectivity index (χ2n) is 5.89. The number of ether oxygens (including phenoxy) is 2. The Bertz CT molecular complexity index is 1120. The molecule has 1 N–H and O–H groups in total. The second-order valence-corrected chi connectivity index (χ2v) is 5.89. The van der Waals surface area contributed by atoms with Crippen molar-refractivity contribution in [3.05, 3.63) is 46.0 Å². The molecule has 1 aliphatic rings. The molecule has 138 valence electrons. The third-order valence-electron chi connectivity index (χ3n) is 4.23. The van der Waals surface area contributed by atoms with Gasteiger partial charge in [-0.2, -0.15) is 0 Å². The normalized spacial score (nSPS) is 16.3. The number of benzene rings is 2. The number of phenolic OH excluding ortho intramolecular Hbond substituents is 1. The summed E-state index contributed by atoms with van der Waals surface area (Å²) in [7, 11) is 0. The molecule has 0 amide bonds. The molecule has 0 fully saturated rings. The smallest absolute Gasteiger partial charge is 0.334 e. The van der Waals surface area contributed by atoms with Crippen LogP contribution < -0.4 is 0 Å². The SMILES string of the molecule is CCOC(=O)C1COC(c2ccc(O)c3oc4ccc([N+](=O)[O-])cc4c23)=N1. The summed E-state index contributed by atoms with van der Waals surface area (Å²) in [5.74, 6) is -0.421. The summed E-state index contributed by atoms with van der Waals surface area (Å²) in [6.45, 7) is 1.97. The molecule has 1 aliphatic heterocycles. The molecular weight excluding hydrogens is 356 g/mol. The monoisotopic (exact) mass is 370 g/mol. The largest absolute Gasteiger partial charge is 0.504 e. The summed E-state index contributed by atoms with van der Waals surface area (Å²) in [4.78, 5) is 26.7. The van der Waals surface area contributed by atoms with Crippen LogP contribution in [-0.2, 0) is 14.3 Å². The Morgan fingerprint density at radius 1 is 1.41 bits per heavy atom. The predicted octanol–water partition coefficient (Wildman–Crippen LogP) is 2.91. The van der Waals surface area contributed by atoms with Crippen molar-refractivity contribution in [2.75, 3.05) is 13.2 Å². The fourth-order valence-corrected chi connectivity index (χ4v) is 3.03. The van der Waals surface area contributed by atoms with Gasteiger partial charge in [-0.15, -0.1) is 0 Å². The first kappa shape index (κ1) is 16.8. The minimum absolute atomic E-state index is 0.0342. The van der Waals surface area contributed by atoms with E-state index in [0.29, 0.717) is 21.9 Å². The minimum Gasteiger partial charge on any atom is -0.504 e. The maximum atomic E-state index is 11.9. The van der Waals surface area contributed by atoms with Crippen molar-refractivity contribution in [3.8, 4) is 5.75 Å². The topological polar surface area (TPSA) is 124 Å². The average molecular weight is 370 g/mol. The number of aliphatic imine (C=N–C) groups is 1. The molecule has 4 rings (SSSR count). The summed E-state index contributed by atoms with van der Waals surface area (Å²) in [6, 6.07) is 6.35. The summed E-state index contributed by atoms with van der Waals surface area (Å²) < 4.78 is 16.2. The standard InChI is InChI=1S/C18H14N2O7/c1-2-25-18(22)12-8-26-17(19-12)10-4-5-13(21)16-15(10)11-7-9(20(23)24)3-6-14(11)27-16/h3-7,12,21H,2,8H2,1H3. The van der Waals surface area contributed by atoms with Crippen molar-refractivity contribution in [1.82, 2.24) is 0 Å². The minimum atomic E-state index is -0.781. The summed E-state index contributed by atoms with van der Waals surface area (Å²) >= 11 is 0. The molecule has 1 unspecified atom stereocenters. The Morgan fingerprint density at radius 3 is 2.96 bits per heavy atom. The number of carbonyl (C=O) groups excluding carboxylic acids is 1. The number of hydrogen-bond donors (Lipinski definition) is 1. The van der Waals surface area contributed by atoms with Crippen LogP contribution in [0.5, 0.6) is 5.75 Å². The number of aromatic hydroxyl groups is 1. The van der Waals surface area contributed by atoms with Gasteiger partial charge in [-0.1, -0.05) is 0 Å². The van der Waals surface area contributed by atoms with Crippen molar-refractivity contribution in [2.45, 2.75) is 13.0 Å². The first-order valence-electron chi connectivity index (χ1n) is 8.19. The molecule has 0 aliphatic carbocycles. The third-order valence-corrected chi connectivity index (χ3v) is 4.23. The van der Waals surface area contributed by atoms with Crippen LogP contribution in [0.3, 0.4) is 0 Å². The summed E-state index contributed by atoms with van der Waals surface area (Å²) in [5.41, 5.74) is 0.889. The zero-order valence-corrected chi connectivity index (χ0v) is 14.2. The average Bonchev–Trinajstić information content (AvgIpc) is 3.27. The number of esters is 1. The van der Waals surface area contributed by atoms with Crippen LogP contribution in [0.1, 0.15) is 12.5 Å². The van der Waals surface area contributed by atoms with Gasteiger partial charge >= 0.3 is 5.97 Å². The third kappa shape index (κ3) is 2.73. The van der Waals surface area contributed by atoms with Gasteiger partial charge in [0.1, 0.15) is 12.2 Å². The van der Waals surface area contributed by atoms with E-state index in [4.69, 9.17) is 13.9 Å². The Hall–Kier alpha value is -3.62. The molecule has 27 heavy (non-hydrogen) atoms. The Labute approximate surface area is 152 Å². The van der Waals surface area contributed by atoms with Gasteiger partial charge in [0.15, 0.2) is 17.4 Å². The van der Waals surface area contributed by atoms with Crippen LogP contribution in [0.2, 0.25) is 0 Å². The highest BCUT2D eigenvalue weighted by Crippen LogP contribution is 2.38. The molecule has 0 saturated carbocycles. The number of rotatable bonds is 4. The lowest BCUT2D eigenvalue weighted by Gasteiger charge is -2.04. The zero-order chi connectivity index (χ0) is 19.1. The van der Waals surface area contributed by atoms with E-state index in [1.54, 1.807) is 13.0 Å². The molecule has 0 radical (unpaired) electrons. The van der Waals surface area contributed by atoms with E-state index < -0.39 is 16.9 Å². The first-order chi connectivity index (χ1) is 13.0. The van der Waals surface area contributed by atoms with E-state index >= 15 is 0 Å². The van der Waals surface area contributed by atoms with Crippen LogP contribution in [0.15, 0.2) is 39.7 Å². The van der Waals surface area contributed by atoms with Crippen LogP contribution in [0.4, 0.5) is 5.69 Å². The van der Waals surface area contributed by atoms with E-state index in [1.165, 1.54) is 24.3 Å². The number of nitrogens with zero attached hydrogens (tertiary/aromatic N) is 2. The van der Waals surface area contributed by atoms with Gasteiger partial charge in [-0.3, -0.25) is 10.1 Å². The van der Waals surface area contributed by atoms with Crippen molar-refractivity contribution in [2.24, 2.45) is 4.99 Å².